The summed E-state index contributed by atoms with van der Waals surface area (Å²) in [4.78, 5) is 6.36. The van der Waals surface area contributed by atoms with E-state index in [1.54, 1.807) is 13.2 Å². The van der Waals surface area contributed by atoms with Crippen molar-refractivity contribution in [2.24, 2.45) is 0 Å². The number of hydrogen-bond donors (Lipinski definition) is 1. The lowest BCUT2D eigenvalue weighted by Gasteiger charge is -2.38. The maximum absolute atomic E-state index is 5.57. The molecule has 4 heteroatoms. The quantitative estimate of drug-likeness (QED) is 0.718. The molecule has 0 spiro atoms. The molecule has 0 unspecified atom stereocenters. The number of aromatic nitrogens is 1. The number of nitrogens with zero attached hydrogens (tertiary/aromatic N) is 2. The van der Waals surface area contributed by atoms with E-state index in [0.717, 1.165) is 18.9 Å². The van der Waals surface area contributed by atoms with Crippen LogP contribution in [0.15, 0.2) is 18.2 Å². The summed E-state index contributed by atoms with van der Waals surface area (Å²) in [6, 6.07) is 5.66. The SMILES string of the molecule is COC1CN(c2cccc(N)n2)C1. The Bertz CT molecular complexity index is 297. The van der Waals surface area contributed by atoms with Gasteiger partial charge in [-0.1, -0.05) is 6.07 Å². The van der Waals surface area contributed by atoms with Gasteiger partial charge in [-0.2, -0.15) is 0 Å². The van der Waals surface area contributed by atoms with Crippen molar-refractivity contribution < 1.29 is 4.74 Å². The van der Waals surface area contributed by atoms with Crippen molar-refractivity contribution in [2.75, 3.05) is 30.8 Å². The lowest BCUT2D eigenvalue weighted by molar-refractivity contribution is 0.0783. The molecule has 0 atom stereocenters. The van der Waals surface area contributed by atoms with Crippen molar-refractivity contribution in [1.29, 1.82) is 0 Å². The highest BCUT2D eigenvalue weighted by molar-refractivity contribution is 5.47. The Morgan fingerprint density at radius 1 is 1.54 bits per heavy atom. The molecule has 2 rings (SSSR count). The normalized spacial score (nSPS) is 17.2. The second-order valence-electron chi connectivity index (χ2n) is 3.18. The zero-order chi connectivity index (χ0) is 9.26. The molecule has 1 aliphatic rings. The summed E-state index contributed by atoms with van der Waals surface area (Å²) >= 11 is 0. The lowest BCUT2D eigenvalue weighted by Crippen LogP contribution is -2.52. The zero-order valence-electron chi connectivity index (χ0n) is 7.60. The summed E-state index contributed by atoms with van der Waals surface area (Å²) in [7, 11) is 1.73. The van der Waals surface area contributed by atoms with Crippen LogP contribution in [0.25, 0.3) is 0 Å². The zero-order valence-corrected chi connectivity index (χ0v) is 7.60. The average Bonchev–Trinajstić information content (AvgIpc) is 2.02. The Balaban J connectivity index is 2.03. The standard InChI is InChI=1S/C9H13N3O/c1-13-7-5-12(6-7)9-4-2-3-8(10)11-9/h2-4,7H,5-6H2,1H3,(H2,10,11). The first kappa shape index (κ1) is 8.31. The van der Waals surface area contributed by atoms with E-state index in [1.807, 2.05) is 12.1 Å². The van der Waals surface area contributed by atoms with Crippen molar-refractivity contribution in [1.82, 2.24) is 4.98 Å². The number of nitrogen functional groups attached to an aromatic ring is 1. The minimum Gasteiger partial charge on any atom is -0.384 e. The van der Waals surface area contributed by atoms with Crippen LogP contribution in [-0.2, 0) is 4.74 Å². The number of methoxy groups -OCH3 is 1. The summed E-state index contributed by atoms with van der Waals surface area (Å²) in [5, 5.41) is 0. The molecule has 13 heavy (non-hydrogen) atoms. The largest absolute Gasteiger partial charge is 0.384 e. The van der Waals surface area contributed by atoms with Gasteiger partial charge in [0.15, 0.2) is 0 Å². The summed E-state index contributed by atoms with van der Waals surface area (Å²) in [5.41, 5.74) is 5.57. The summed E-state index contributed by atoms with van der Waals surface area (Å²) in [5.74, 6) is 1.51. The van der Waals surface area contributed by atoms with Crippen molar-refractivity contribution in [3.8, 4) is 0 Å². The predicted octanol–water partition coefficient (Wildman–Crippen LogP) is 0.499. The number of rotatable bonds is 2. The fraction of sp³-hybridized carbons (Fsp3) is 0.444. The maximum atomic E-state index is 5.57. The molecule has 0 bridgehead atoms. The highest BCUT2D eigenvalue weighted by Crippen LogP contribution is 2.20. The van der Waals surface area contributed by atoms with Gasteiger partial charge in [0.1, 0.15) is 11.6 Å². The van der Waals surface area contributed by atoms with Gasteiger partial charge in [0.05, 0.1) is 6.10 Å². The van der Waals surface area contributed by atoms with Crippen molar-refractivity contribution in [2.45, 2.75) is 6.10 Å². The molecule has 1 aromatic rings. The highest BCUT2D eigenvalue weighted by Gasteiger charge is 2.27. The third-order valence-electron chi connectivity index (χ3n) is 2.26. The van der Waals surface area contributed by atoms with Crippen LogP contribution in [0.2, 0.25) is 0 Å². The third kappa shape index (κ3) is 1.58. The van der Waals surface area contributed by atoms with Crippen LogP contribution in [0, 0.1) is 0 Å². The molecule has 0 saturated carbocycles. The predicted molar refractivity (Wildman–Crippen MR) is 51.7 cm³/mol. The summed E-state index contributed by atoms with van der Waals surface area (Å²) < 4.78 is 5.17. The fourth-order valence-electron chi connectivity index (χ4n) is 1.39. The minimum atomic E-state index is 0.350. The third-order valence-corrected chi connectivity index (χ3v) is 2.26. The highest BCUT2D eigenvalue weighted by atomic mass is 16.5. The molecular weight excluding hydrogens is 166 g/mol. The van der Waals surface area contributed by atoms with E-state index in [9.17, 15) is 0 Å². The molecule has 0 radical (unpaired) electrons. The Kier molecular flexibility index (Phi) is 2.06. The summed E-state index contributed by atoms with van der Waals surface area (Å²) in [6.45, 7) is 1.82. The number of pyridine rings is 1. The monoisotopic (exact) mass is 179 g/mol. The number of hydrogen-bond acceptors (Lipinski definition) is 4. The summed E-state index contributed by atoms with van der Waals surface area (Å²) in [6.07, 6.45) is 0.350. The Morgan fingerprint density at radius 2 is 2.31 bits per heavy atom. The smallest absolute Gasteiger partial charge is 0.131 e. The molecule has 0 aliphatic carbocycles. The number of nitrogens with two attached hydrogens (primary N) is 1. The van der Waals surface area contributed by atoms with Gasteiger partial charge in [0.25, 0.3) is 0 Å². The van der Waals surface area contributed by atoms with E-state index in [4.69, 9.17) is 10.5 Å². The van der Waals surface area contributed by atoms with E-state index >= 15 is 0 Å². The Hall–Kier alpha value is -1.29. The fourth-order valence-corrected chi connectivity index (χ4v) is 1.39. The van der Waals surface area contributed by atoms with Gasteiger partial charge in [-0.15, -0.1) is 0 Å². The first-order valence-electron chi connectivity index (χ1n) is 4.30. The van der Waals surface area contributed by atoms with E-state index < -0.39 is 0 Å². The van der Waals surface area contributed by atoms with Gasteiger partial charge in [-0.25, -0.2) is 4.98 Å². The van der Waals surface area contributed by atoms with E-state index in [1.165, 1.54) is 0 Å². The first-order valence-corrected chi connectivity index (χ1v) is 4.30. The van der Waals surface area contributed by atoms with Gasteiger partial charge in [0, 0.05) is 20.2 Å². The van der Waals surface area contributed by atoms with Gasteiger partial charge >= 0.3 is 0 Å². The average molecular weight is 179 g/mol. The number of anilines is 2. The molecule has 1 saturated heterocycles. The number of ether oxygens (including phenoxy) is 1. The molecule has 70 valence electrons. The molecule has 1 fully saturated rings. The molecule has 2 N–H and O–H groups in total. The van der Waals surface area contributed by atoms with Gasteiger partial charge in [-0.3, -0.25) is 0 Å². The van der Waals surface area contributed by atoms with E-state index in [2.05, 4.69) is 9.88 Å². The van der Waals surface area contributed by atoms with Crippen LogP contribution in [0.1, 0.15) is 0 Å². The molecule has 2 heterocycles. The van der Waals surface area contributed by atoms with Crippen molar-refractivity contribution in [3.63, 3.8) is 0 Å². The van der Waals surface area contributed by atoms with Crippen LogP contribution in [0.4, 0.5) is 11.6 Å². The van der Waals surface area contributed by atoms with Crippen LogP contribution in [0.3, 0.4) is 0 Å². The molecule has 0 aromatic carbocycles. The van der Waals surface area contributed by atoms with Crippen molar-refractivity contribution in [3.05, 3.63) is 18.2 Å². The second-order valence-corrected chi connectivity index (χ2v) is 3.18. The van der Waals surface area contributed by atoms with Crippen LogP contribution < -0.4 is 10.6 Å². The topological polar surface area (TPSA) is 51.4 Å². The Labute approximate surface area is 77.3 Å². The minimum absolute atomic E-state index is 0.350. The van der Waals surface area contributed by atoms with E-state index in [-0.39, 0.29) is 0 Å². The van der Waals surface area contributed by atoms with E-state index in [0.29, 0.717) is 11.9 Å². The van der Waals surface area contributed by atoms with Crippen LogP contribution >= 0.6 is 0 Å². The molecule has 0 amide bonds. The van der Waals surface area contributed by atoms with Crippen LogP contribution in [-0.4, -0.2) is 31.3 Å². The van der Waals surface area contributed by atoms with Gasteiger partial charge in [-0.05, 0) is 12.1 Å². The second kappa shape index (κ2) is 3.22. The molecule has 1 aliphatic heterocycles. The molecular formula is C9H13N3O. The lowest BCUT2D eigenvalue weighted by atomic mass is 10.1. The van der Waals surface area contributed by atoms with Crippen molar-refractivity contribution >= 4 is 11.6 Å². The van der Waals surface area contributed by atoms with Crippen LogP contribution in [0.5, 0.6) is 0 Å². The molecule has 1 aromatic heterocycles. The first-order chi connectivity index (χ1) is 6.29. The van der Waals surface area contributed by atoms with Gasteiger partial charge in [0.2, 0.25) is 0 Å². The Morgan fingerprint density at radius 3 is 2.92 bits per heavy atom. The molecule has 4 nitrogen and oxygen atoms in total. The maximum Gasteiger partial charge on any atom is 0.131 e. The van der Waals surface area contributed by atoms with Gasteiger partial charge < -0.3 is 15.4 Å².